The second-order valence-corrected chi connectivity index (χ2v) is 11.4. The first-order valence-electron chi connectivity index (χ1n) is 14.6. The van der Waals surface area contributed by atoms with E-state index in [0.717, 1.165) is 45.4 Å². The number of anilines is 3. The fraction of sp³-hybridized carbons (Fsp3) is 0.0769. The highest BCUT2D eigenvalue weighted by atomic mass is 16.7. The first-order chi connectivity index (χ1) is 21.0. The van der Waals surface area contributed by atoms with E-state index in [-0.39, 0.29) is 0 Å². The molecule has 0 saturated heterocycles. The predicted octanol–water partition coefficient (Wildman–Crippen LogP) is 10.4. The monoisotopic (exact) mass is 558 g/mol. The molecule has 208 valence electrons. The van der Waals surface area contributed by atoms with Crippen LogP contribution in [0.15, 0.2) is 146 Å². The van der Waals surface area contributed by atoms with Crippen LogP contribution in [0.1, 0.15) is 13.8 Å². The van der Waals surface area contributed by atoms with Crippen LogP contribution in [0, 0.1) is 0 Å². The molecule has 1 aliphatic heterocycles. The molecule has 0 bridgehead atoms. The minimum absolute atomic E-state index is 0.686. The van der Waals surface area contributed by atoms with Crippen molar-refractivity contribution in [3.8, 4) is 28.3 Å². The zero-order valence-electron chi connectivity index (χ0n) is 24.1. The summed E-state index contributed by atoms with van der Waals surface area (Å²) in [5, 5.41) is 2.47. The van der Waals surface area contributed by atoms with Gasteiger partial charge >= 0.3 is 0 Å². The molecule has 0 aliphatic carbocycles. The third-order valence-electron chi connectivity index (χ3n) is 8.02. The van der Waals surface area contributed by atoms with Crippen LogP contribution in [-0.4, -0.2) is 10.4 Å². The predicted molar refractivity (Wildman–Crippen MR) is 176 cm³/mol. The van der Waals surface area contributed by atoms with Crippen LogP contribution in [0.25, 0.3) is 38.6 Å². The maximum atomic E-state index is 6.15. The lowest BCUT2D eigenvalue weighted by Crippen LogP contribution is -2.29. The number of hydrogen-bond donors (Lipinski definition) is 0. The maximum absolute atomic E-state index is 6.15. The summed E-state index contributed by atoms with van der Waals surface area (Å²) in [7, 11) is 0. The topological polar surface area (TPSA) is 26.6 Å². The highest BCUT2D eigenvalue weighted by Gasteiger charge is 2.31. The number of aromatic nitrogens is 1. The van der Waals surface area contributed by atoms with Crippen molar-refractivity contribution in [3.63, 3.8) is 0 Å². The van der Waals surface area contributed by atoms with Gasteiger partial charge in [0.05, 0.1) is 11.0 Å². The number of para-hydroxylation sites is 4. The number of benzene rings is 6. The third-order valence-corrected chi connectivity index (χ3v) is 8.02. The molecule has 1 aromatic heterocycles. The summed E-state index contributed by atoms with van der Waals surface area (Å²) in [6.07, 6.45) is 0. The second kappa shape index (κ2) is 9.81. The van der Waals surface area contributed by atoms with Crippen LogP contribution in [0.4, 0.5) is 17.1 Å². The van der Waals surface area contributed by atoms with E-state index in [1.807, 2.05) is 19.9 Å². The molecule has 6 aromatic carbocycles. The molecule has 0 atom stereocenters. The Bertz CT molecular complexity index is 2020. The fourth-order valence-corrected chi connectivity index (χ4v) is 6.22. The van der Waals surface area contributed by atoms with Crippen molar-refractivity contribution in [2.24, 2.45) is 0 Å². The Morgan fingerprint density at radius 2 is 1.05 bits per heavy atom. The van der Waals surface area contributed by atoms with E-state index in [0.29, 0.717) is 0 Å². The number of nitrogens with zero attached hydrogens (tertiary/aromatic N) is 2. The van der Waals surface area contributed by atoms with E-state index in [2.05, 4.69) is 149 Å². The summed E-state index contributed by atoms with van der Waals surface area (Å²) in [5.74, 6) is 0.839. The summed E-state index contributed by atoms with van der Waals surface area (Å²) < 4.78 is 14.5. The molecule has 0 unspecified atom stereocenters. The Labute approximate surface area is 251 Å². The third kappa shape index (κ3) is 4.39. The molecule has 0 spiro atoms. The molecule has 0 saturated carbocycles. The minimum atomic E-state index is -0.686. The lowest BCUT2D eigenvalue weighted by atomic mass is 10.0. The van der Waals surface area contributed by atoms with Gasteiger partial charge in [-0.3, -0.25) is 0 Å². The molecule has 8 rings (SSSR count). The Hall–Kier alpha value is -5.48. The molecule has 0 amide bonds. The fourth-order valence-electron chi connectivity index (χ4n) is 6.22. The first-order valence-corrected chi connectivity index (χ1v) is 14.6. The van der Waals surface area contributed by atoms with Gasteiger partial charge in [-0.15, -0.1) is 0 Å². The van der Waals surface area contributed by atoms with E-state index in [1.54, 1.807) is 0 Å². The van der Waals surface area contributed by atoms with Crippen molar-refractivity contribution in [3.05, 3.63) is 146 Å². The number of ether oxygens (including phenoxy) is 2. The van der Waals surface area contributed by atoms with Crippen LogP contribution in [0.3, 0.4) is 0 Å². The quantitative estimate of drug-likeness (QED) is 0.210. The van der Waals surface area contributed by atoms with Crippen molar-refractivity contribution in [2.75, 3.05) is 4.90 Å². The molecule has 0 N–H and O–H groups in total. The van der Waals surface area contributed by atoms with E-state index >= 15 is 0 Å². The average Bonchev–Trinajstić information content (AvgIpc) is 3.54. The molecule has 0 radical (unpaired) electrons. The maximum Gasteiger partial charge on any atom is 0.246 e. The average molecular weight is 559 g/mol. The molecular weight excluding hydrogens is 528 g/mol. The SMILES string of the molecule is CC1(C)Oc2ccc(-c3cc(N(c4ccccc4)c4ccccc4)cc(-n4c5ccccc5c5ccccc54)c3)cc2O1. The van der Waals surface area contributed by atoms with E-state index in [1.165, 1.54) is 21.8 Å². The van der Waals surface area contributed by atoms with Crippen molar-refractivity contribution in [1.82, 2.24) is 4.57 Å². The molecular formula is C39H30N2O2. The van der Waals surface area contributed by atoms with Gasteiger partial charge in [-0.25, -0.2) is 0 Å². The summed E-state index contributed by atoms with van der Waals surface area (Å²) in [6, 6.07) is 51.4. The van der Waals surface area contributed by atoms with Gasteiger partial charge in [-0.1, -0.05) is 78.9 Å². The molecule has 4 nitrogen and oxygen atoms in total. The lowest BCUT2D eigenvalue weighted by Gasteiger charge is -2.27. The summed E-state index contributed by atoms with van der Waals surface area (Å²) in [4.78, 5) is 2.32. The highest BCUT2D eigenvalue weighted by molar-refractivity contribution is 6.09. The van der Waals surface area contributed by atoms with Gasteiger partial charge in [0.1, 0.15) is 0 Å². The second-order valence-electron chi connectivity index (χ2n) is 11.4. The first kappa shape index (κ1) is 25.2. The van der Waals surface area contributed by atoms with Crippen molar-refractivity contribution in [2.45, 2.75) is 19.6 Å². The van der Waals surface area contributed by atoms with Crippen LogP contribution >= 0.6 is 0 Å². The highest BCUT2D eigenvalue weighted by Crippen LogP contribution is 2.44. The summed E-state index contributed by atoms with van der Waals surface area (Å²) >= 11 is 0. The van der Waals surface area contributed by atoms with E-state index in [9.17, 15) is 0 Å². The number of fused-ring (bicyclic) bond motifs is 4. The molecule has 2 heterocycles. The number of rotatable bonds is 5. The number of hydrogen-bond acceptors (Lipinski definition) is 3. The summed E-state index contributed by atoms with van der Waals surface area (Å²) in [5.41, 5.74) is 8.81. The Kier molecular flexibility index (Phi) is 5.76. The molecule has 4 heteroatoms. The van der Waals surface area contributed by atoms with Gasteiger partial charge in [-0.05, 0) is 77.9 Å². The molecule has 43 heavy (non-hydrogen) atoms. The van der Waals surface area contributed by atoms with Crippen molar-refractivity contribution < 1.29 is 9.47 Å². The van der Waals surface area contributed by atoms with Crippen molar-refractivity contribution in [1.29, 1.82) is 0 Å². The molecule has 0 fully saturated rings. The van der Waals surface area contributed by atoms with Crippen LogP contribution < -0.4 is 14.4 Å². The molecule has 1 aliphatic rings. The Morgan fingerprint density at radius 1 is 0.488 bits per heavy atom. The minimum Gasteiger partial charge on any atom is -0.449 e. The Balaban J connectivity index is 1.41. The standard InChI is InChI=1S/C39H30N2O2/c1-39(2)42-37-22-21-27(25-38(37)43-39)28-23-31(40(29-13-5-3-6-14-29)30-15-7-4-8-16-30)26-32(24-28)41-35-19-11-9-17-33(35)34-18-10-12-20-36(34)41/h3-26H,1-2H3. The normalized spacial score (nSPS) is 13.4. The summed E-state index contributed by atoms with van der Waals surface area (Å²) in [6.45, 7) is 3.87. The van der Waals surface area contributed by atoms with Gasteiger partial charge in [0.15, 0.2) is 11.5 Å². The van der Waals surface area contributed by atoms with E-state index < -0.39 is 5.79 Å². The van der Waals surface area contributed by atoms with Gasteiger partial charge in [0.2, 0.25) is 5.79 Å². The van der Waals surface area contributed by atoms with E-state index in [4.69, 9.17) is 9.47 Å². The smallest absolute Gasteiger partial charge is 0.246 e. The largest absolute Gasteiger partial charge is 0.449 e. The zero-order chi connectivity index (χ0) is 29.0. The van der Waals surface area contributed by atoms with Gasteiger partial charge in [0, 0.05) is 47.4 Å². The van der Waals surface area contributed by atoms with Gasteiger partial charge in [-0.2, -0.15) is 0 Å². The molecule has 7 aromatic rings. The van der Waals surface area contributed by atoms with Gasteiger partial charge in [0.25, 0.3) is 0 Å². The van der Waals surface area contributed by atoms with Gasteiger partial charge < -0.3 is 18.9 Å². The van der Waals surface area contributed by atoms with Crippen LogP contribution in [0.2, 0.25) is 0 Å². The lowest BCUT2D eigenvalue weighted by molar-refractivity contribution is -0.0431. The Morgan fingerprint density at radius 3 is 1.67 bits per heavy atom. The van der Waals surface area contributed by atoms with Crippen molar-refractivity contribution >= 4 is 38.9 Å². The van der Waals surface area contributed by atoms with Crippen LogP contribution in [0.5, 0.6) is 11.5 Å². The van der Waals surface area contributed by atoms with Crippen LogP contribution in [-0.2, 0) is 0 Å². The zero-order valence-corrected chi connectivity index (χ0v) is 24.1.